The summed E-state index contributed by atoms with van der Waals surface area (Å²) in [7, 11) is -3.44. The van der Waals surface area contributed by atoms with Crippen LogP contribution in [0.25, 0.3) is 0 Å². The second-order valence-corrected chi connectivity index (χ2v) is 5.93. The van der Waals surface area contributed by atoms with Crippen LogP contribution in [0.2, 0.25) is 0 Å². The maximum absolute atomic E-state index is 11.9. The first-order valence-electron chi connectivity index (χ1n) is 5.50. The van der Waals surface area contributed by atoms with E-state index in [2.05, 4.69) is 10.3 Å². The van der Waals surface area contributed by atoms with Gasteiger partial charge in [0, 0.05) is 18.0 Å². The average molecular weight is 276 g/mol. The smallest absolute Gasteiger partial charge is 0.256 e. The lowest BCUT2D eigenvalue weighted by Gasteiger charge is -2.08. The molecular formula is C13H12N2O3S. The molecule has 1 heterocycles. The quantitative estimate of drug-likeness (QED) is 0.926. The minimum Gasteiger partial charge on any atom is -0.305 e. The second-order valence-electron chi connectivity index (χ2n) is 3.94. The van der Waals surface area contributed by atoms with Crippen molar-refractivity contribution in [2.24, 2.45) is 0 Å². The molecular weight excluding hydrogens is 264 g/mol. The Labute approximate surface area is 111 Å². The van der Waals surface area contributed by atoms with E-state index in [1.165, 1.54) is 18.3 Å². The van der Waals surface area contributed by atoms with Gasteiger partial charge in [-0.3, -0.25) is 4.79 Å². The summed E-state index contributed by atoms with van der Waals surface area (Å²) in [6.07, 6.45) is 2.50. The Morgan fingerprint density at radius 3 is 2.42 bits per heavy atom. The van der Waals surface area contributed by atoms with Gasteiger partial charge in [-0.25, -0.2) is 13.4 Å². The molecule has 1 aromatic heterocycles. The summed E-state index contributed by atoms with van der Waals surface area (Å²) >= 11 is 0. The lowest BCUT2D eigenvalue weighted by atomic mass is 10.2. The predicted octanol–water partition coefficient (Wildman–Crippen LogP) is 1.74. The Hall–Kier alpha value is -2.21. The van der Waals surface area contributed by atoms with Crippen molar-refractivity contribution in [2.45, 2.75) is 4.90 Å². The van der Waals surface area contributed by atoms with E-state index in [1.807, 2.05) is 0 Å². The SMILES string of the molecule is CS(=O)(=O)c1cccnc1NC(=O)c1ccccc1. The van der Waals surface area contributed by atoms with Gasteiger partial charge >= 0.3 is 0 Å². The highest BCUT2D eigenvalue weighted by Crippen LogP contribution is 2.18. The number of hydrogen-bond acceptors (Lipinski definition) is 4. The molecule has 0 aliphatic rings. The summed E-state index contributed by atoms with van der Waals surface area (Å²) in [4.78, 5) is 15.8. The van der Waals surface area contributed by atoms with Gasteiger partial charge in [0.25, 0.3) is 5.91 Å². The van der Waals surface area contributed by atoms with Gasteiger partial charge in [-0.1, -0.05) is 18.2 Å². The maximum Gasteiger partial charge on any atom is 0.256 e. The Morgan fingerprint density at radius 1 is 1.11 bits per heavy atom. The molecule has 2 rings (SSSR count). The lowest BCUT2D eigenvalue weighted by molar-refractivity contribution is 0.102. The fourth-order valence-electron chi connectivity index (χ4n) is 1.55. The van der Waals surface area contributed by atoms with Crippen LogP contribution in [0.4, 0.5) is 5.82 Å². The third-order valence-electron chi connectivity index (χ3n) is 2.44. The van der Waals surface area contributed by atoms with Crippen LogP contribution in [0, 0.1) is 0 Å². The number of sulfone groups is 1. The first-order valence-corrected chi connectivity index (χ1v) is 7.39. The largest absolute Gasteiger partial charge is 0.305 e. The van der Waals surface area contributed by atoms with Crippen LogP contribution < -0.4 is 5.32 Å². The fourth-order valence-corrected chi connectivity index (χ4v) is 2.33. The van der Waals surface area contributed by atoms with Crippen molar-refractivity contribution in [3.8, 4) is 0 Å². The van der Waals surface area contributed by atoms with Gasteiger partial charge in [0.05, 0.1) is 0 Å². The number of pyridine rings is 1. The minimum absolute atomic E-state index is 0.000666. The highest BCUT2D eigenvalue weighted by atomic mass is 32.2. The number of hydrogen-bond donors (Lipinski definition) is 1. The molecule has 0 saturated carbocycles. The van der Waals surface area contributed by atoms with E-state index in [4.69, 9.17) is 0 Å². The topological polar surface area (TPSA) is 76.1 Å². The first-order chi connectivity index (χ1) is 8.98. The number of benzene rings is 1. The Balaban J connectivity index is 2.33. The van der Waals surface area contributed by atoms with E-state index in [-0.39, 0.29) is 10.7 Å². The van der Waals surface area contributed by atoms with Gasteiger partial charge in [0.2, 0.25) is 0 Å². The van der Waals surface area contributed by atoms with Crippen molar-refractivity contribution in [1.82, 2.24) is 4.98 Å². The van der Waals surface area contributed by atoms with E-state index < -0.39 is 15.7 Å². The zero-order chi connectivity index (χ0) is 13.9. The molecule has 0 aliphatic carbocycles. The normalized spacial score (nSPS) is 11.0. The summed E-state index contributed by atoms with van der Waals surface area (Å²) in [5, 5.41) is 2.50. The van der Waals surface area contributed by atoms with Crippen molar-refractivity contribution in [3.05, 3.63) is 54.2 Å². The van der Waals surface area contributed by atoms with E-state index in [0.717, 1.165) is 6.26 Å². The number of amides is 1. The minimum atomic E-state index is -3.44. The Bertz CT molecular complexity index is 697. The van der Waals surface area contributed by atoms with Crippen LogP contribution in [-0.4, -0.2) is 25.6 Å². The predicted molar refractivity (Wildman–Crippen MR) is 71.7 cm³/mol. The maximum atomic E-state index is 11.9. The van der Waals surface area contributed by atoms with Gasteiger partial charge in [-0.2, -0.15) is 0 Å². The summed E-state index contributed by atoms with van der Waals surface area (Å²) in [5.74, 6) is -0.358. The third-order valence-corrected chi connectivity index (χ3v) is 3.57. The van der Waals surface area contributed by atoms with Gasteiger partial charge < -0.3 is 5.32 Å². The third kappa shape index (κ3) is 3.17. The van der Waals surface area contributed by atoms with E-state index >= 15 is 0 Å². The molecule has 1 N–H and O–H groups in total. The number of carbonyl (C=O) groups is 1. The molecule has 0 fully saturated rings. The Morgan fingerprint density at radius 2 is 1.79 bits per heavy atom. The monoisotopic (exact) mass is 276 g/mol. The number of carbonyl (C=O) groups excluding carboxylic acids is 1. The Kier molecular flexibility index (Phi) is 3.62. The van der Waals surface area contributed by atoms with Crippen molar-refractivity contribution < 1.29 is 13.2 Å². The average Bonchev–Trinajstić information content (AvgIpc) is 2.39. The molecule has 5 nitrogen and oxygen atoms in total. The van der Waals surface area contributed by atoms with Gasteiger partial charge in [-0.15, -0.1) is 0 Å². The molecule has 0 radical (unpaired) electrons. The highest BCUT2D eigenvalue weighted by Gasteiger charge is 2.16. The molecule has 19 heavy (non-hydrogen) atoms. The zero-order valence-electron chi connectivity index (χ0n) is 10.2. The molecule has 0 saturated heterocycles. The van der Waals surface area contributed by atoms with Crippen LogP contribution in [-0.2, 0) is 9.84 Å². The molecule has 1 aromatic carbocycles. The molecule has 2 aromatic rings. The molecule has 0 unspecified atom stereocenters. The number of aromatic nitrogens is 1. The number of nitrogens with zero attached hydrogens (tertiary/aromatic N) is 1. The molecule has 1 amide bonds. The summed E-state index contributed by atoms with van der Waals surface area (Å²) in [5.41, 5.74) is 0.438. The summed E-state index contributed by atoms with van der Waals surface area (Å²) in [6.45, 7) is 0. The van der Waals surface area contributed by atoms with Crippen molar-refractivity contribution in [2.75, 3.05) is 11.6 Å². The molecule has 0 aliphatic heterocycles. The van der Waals surface area contributed by atoms with Gasteiger partial charge in [0.1, 0.15) is 4.90 Å². The van der Waals surface area contributed by atoms with Crippen LogP contribution in [0.5, 0.6) is 0 Å². The van der Waals surface area contributed by atoms with Gasteiger partial charge in [-0.05, 0) is 24.3 Å². The second kappa shape index (κ2) is 5.19. The number of anilines is 1. The van der Waals surface area contributed by atoms with Crippen LogP contribution in [0.3, 0.4) is 0 Å². The van der Waals surface area contributed by atoms with Crippen LogP contribution in [0.15, 0.2) is 53.6 Å². The van der Waals surface area contributed by atoms with E-state index in [1.54, 1.807) is 30.3 Å². The number of rotatable bonds is 3. The molecule has 0 spiro atoms. The molecule has 0 atom stereocenters. The zero-order valence-corrected chi connectivity index (χ0v) is 11.0. The van der Waals surface area contributed by atoms with Crippen LogP contribution >= 0.6 is 0 Å². The standard InChI is InChI=1S/C13H12N2O3S/c1-19(17,18)11-8-5-9-14-12(11)15-13(16)10-6-3-2-4-7-10/h2-9H,1H3,(H,14,15,16). The summed E-state index contributed by atoms with van der Waals surface area (Å²) in [6, 6.07) is 11.4. The fraction of sp³-hybridized carbons (Fsp3) is 0.0769. The van der Waals surface area contributed by atoms with Crippen LogP contribution in [0.1, 0.15) is 10.4 Å². The highest BCUT2D eigenvalue weighted by molar-refractivity contribution is 7.90. The lowest BCUT2D eigenvalue weighted by Crippen LogP contribution is -2.15. The van der Waals surface area contributed by atoms with E-state index in [9.17, 15) is 13.2 Å². The van der Waals surface area contributed by atoms with Crippen molar-refractivity contribution >= 4 is 21.6 Å². The number of nitrogens with one attached hydrogen (secondary N) is 1. The summed E-state index contributed by atoms with van der Waals surface area (Å²) < 4.78 is 23.2. The van der Waals surface area contributed by atoms with Crippen molar-refractivity contribution in [3.63, 3.8) is 0 Å². The molecule has 6 heteroatoms. The molecule has 98 valence electrons. The first kappa shape index (κ1) is 13.2. The van der Waals surface area contributed by atoms with Crippen molar-refractivity contribution in [1.29, 1.82) is 0 Å². The van der Waals surface area contributed by atoms with Gasteiger partial charge in [0.15, 0.2) is 15.7 Å². The van der Waals surface area contributed by atoms with E-state index in [0.29, 0.717) is 5.56 Å². The molecule has 0 bridgehead atoms.